The van der Waals surface area contributed by atoms with Crippen LogP contribution in [0.4, 0.5) is 4.39 Å². The standard InChI is InChI=1S/C13H10FNO3S/c14-10-2-3-12(9(5-10)1-4-13(16)17)18-7-11-6-15-8-19-11/h1-6,8H,7H2,(H,16,17)/b4-1+. The molecule has 0 radical (unpaired) electrons. The molecule has 1 aromatic carbocycles. The quantitative estimate of drug-likeness (QED) is 0.855. The Morgan fingerprint density at radius 1 is 1.53 bits per heavy atom. The number of hydrogen-bond acceptors (Lipinski definition) is 4. The molecule has 1 N–H and O–H groups in total. The summed E-state index contributed by atoms with van der Waals surface area (Å²) in [4.78, 5) is 15.3. The summed E-state index contributed by atoms with van der Waals surface area (Å²) in [5, 5.41) is 8.59. The summed E-state index contributed by atoms with van der Waals surface area (Å²) >= 11 is 1.45. The molecule has 0 unspecified atom stereocenters. The van der Waals surface area contributed by atoms with Crippen molar-refractivity contribution in [3.8, 4) is 5.75 Å². The van der Waals surface area contributed by atoms with E-state index in [2.05, 4.69) is 4.98 Å². The van der Waals surface area contributed by atoms with Gasteiger partial charge in [-0.2, -0.15) is 0 Å². The molecule has 0 atom stereocenters. The number of aliphatic carboxylic acids is 1. The molecule has 0 aliphatic carbocycles. The van der Waals surface area contributed by atoms with Gasteiger partial charge in [0.05, 0.1) is 10.4 Å². The lowest BCUT2D eigenvalue weighted by molar-refractivity contribution is -0.131. The molecule has 0 aliphatic heterocycles. The summed E-state index contributed by atoms with van der Waals surface area (Å²) in [6.45, 7) is 0.310. The van der Waals surface area contributed by atoms with E-state index in [1.165, 1.54) is 35.6 Å². The van der Waals surface area contributed by atoms with E-state index in [1.807, 2.05) is 0 Å². The Hall–Kier alpha value is -2.21. The highest BCUT2D eigenvalue weighted by atomic mass is 32.1. The number of rotatable bonds is 5. The lowest BCUT2D eigenvalue weighted by Gasteiger charge is -2.08. The highest BCUT2D eigenvalue weighted by Crippen LogP contribution is 2.23. The van der Waals surface area contributed by atoms with Gasteiger partial charge in [0.15, 0.2) is 0 Å². The maximum absolute atomic E-state index is 13.1. The fourth-order valence-electron chi connectivity index (χ4n) is 1.40. The molecule has 2 rings (SSSR count). The highest BCUT2D eigenvalue weighted by Gasteiger charge is 2.05. The number of carboxylic acid groups (broad SMARTS) is 1. The molecule has 0 saturated heterocycles. The molecule has 0 aliphatic rings. The van der Waals surface area contributed by atoms with Crippen LogP contribution < -0.4 is 4.74 Å². The third kappa shape index (κ3) is 3.89. The summed E-state index contributed by atoms with van der Waals surface area (Å²) in [5.41, 5.74) is 2.07. The summed E-state index contributed by atoms with van der Waals surface area (Å²) in [6.07, 6.45) is 3.92. The summed E-state index contributed by atoms with van der Waals surface area (Å²) in [6, 6.07) is 3.96. The molecule has 0 saturated carbocycles. The average molecular weight is 279 g/mol. The SMILES string of the molecule is O=C(O)/C=C/c1cc(F)ccc1OCc1cncs1. The molecular formula is C13H10FNO3S. The third-order valence-corrected chi connectivity index (χ3v) is 2.98. The zero-order valence-electron chi connectivity index (χ0n) is 9.75. The van der Waals surface area contributed by atoms with Crippen molar-refractivity contribution in [2.24, 2.45) is 0 Å². The van der Waals surface area contributed by atoms with Crippen molar-refractivity contribution in [1.29, 1.82) is 0 Å². The van der Waals surface area contributed by atoms with Gasteiger partial charge in [0.1, 0.15) is 18.2 Å². The van der Waals surface area contributed by atoms with Crippen molar-refractivity contribution in [2.45, 2.75) is 6.61 Å². The van der Waals surface area contributed by atoms with E-state index in [0.717, 1.165) is 11.0 Å². The monoisotopic (exact) mass is 279 g/mol. The molecule has 4 nitrogen and oxygen atoms in total. The Balaban J connectivity index is 2.16. The van der Waals surface area contributed by atoms with Gasteiger partial charge in [-0.05, 0) is 24.3 Å². The van der Waals surface area contributed by atoms with Gasteiger partial charge < -0.3 is 9.84 Å². The largest absolute Gasteiger partial charge is 0.487 e. The molecule has 0 amide bonds. The molecule has 2 aromatic rings. The predicted octanol–water partition coefficient (Wildman–Crippen LogP) is 2.96. The number of nitrogens with zero attached hydrogens (tertiary/aromatic N) is 1. The number of carboxylic acids is 1. The van der Waals surface area contributed by atoms with E-state index in [-0.39, 0.29) is 0 Å². The first-order valence-electron chi connectivity index (χ1n) is 5.36. The smallest absolute Gasteiger partial charge is 0.328 e. The number of ether oxygens (including phenoxy) is 1. The summed E-state index contributed by atoms with van der Waals surface area (Å²) in [7, 11) is 0. The van der Waals surface area contributed by atoms with Gasteiger partial charge in [-0.25, -0.2) is 9.18 Å². The minimum absolute atomic E-state index is 0.310. The van der Waals surface area contributed by atoms with Gasteiger partial charge in [-0.15, -0.1) is 11.3 Å². The van der Waals surface area contributed by atoms with Crippen LogP contribution in [-0.4, -0.2) is 16.1 Å². The second kappa shape index (κ2) is 6.10. The minimum atomic E-state index is -1.10. The van der Waals surface area contributed by atoms with Crippen molar-refractivity contribution in [1.82, 2.24) is 4.98 Å². The Labute approximate surface area is 112 Å². The summed E-state index contributed by atoms with van der Waals surface area (Å²) in [5.74, 6) is -1.12. The first-order valence-corrected chi connectivity index (χ1v) is 6.24. The summed E-state index contributed by atoms with van der Waals surface area (Å²) < 4.78 is 18.7. The van der Waals surface area contributed by atoms with Crippen molar-refractivity contribution < 1.29 is 19.0 Å². The zero-order chi connectivity index (χ0) is 13.7. The van der Waals surface area contributed by atoms with Gasteiger partial charge in [-0.1, -0.05) is 0 Å². The number of benzene rings is 1. The maximum atomic E-state index is 13.1. The number of thiazole rings is 1. The van der Waals surface area contributed by atoms with E-state index in [1.54, 1.807) is 11.7 Å². The van der Waals surface area contributed by atoms with Crippen LogP contribution in [0.25, 0.3) is 6.08 Å². The molecule has 0 fully saturated rings. The fourth-order valence-corrected chi connectivity index (χ4v) is 1.91. The van der Waals surface area contributed by atoms with Crippen molar-refractivity contribution in [3.63, 3.8) is 0 Å². The predicted molar refractivity (Wildman–Crippen MR) is 69.5 cm³/mol. The molecule has 19 heavy (non-hydrogen) atoms. The molecule has 98 valence electrons. The lowest BCUT2D eigenvalue weighted by atomic mass is 10.2. The van der Waals surface area contributed by atoms with Gasteiger partial charge in [0.2, 0.25) is 0 Å². The van der Waals surface area contributed by atoms with Crippen LogP contribution in [0.2, 0.25) is 0 Å². The van der Waals surface area contributed by atoms with E-state index in [9.17, 15) is 9.18 Å². The fraction of sp³-hybridized carbons (Fsp3) is 0.0769. The van der Waals surface area contributed by atoms with Gasteiger partial charge in [-0.3, -0.25) is 4.98 Å². The average Bonchev–Trinajstić information content (AvgIpc) is 2.88. The third-order valence-electron chi connectivity index (χ3n) is 2.23. The molecule has 1 aromatic heterocycles. The van der Waals surface area contributed by atoms with Crippen LogP contribution in [0.3, 0.4) is 0 Å². The van der Waals surface area contributed by atoms with E-state index < -0.39 is 11.8 Å². The number of carbonyl (C=O) groups is 1. The second-order valence-electron chi connectivity index (χ2n) is 3.61. The van der Waals surface area contributed by atoms with Crippen LogP contribution in [0, 0.1) is 5.82 Å². The Morgan fingerprint density at radius 3 is 3.05 bits per heavy atom. The maximum Gasteiger partial charge on any atom is 0.328 e. The molecule has 1 heterocycles. The van der Waals surface area contributed by atoms with E-state index in [4.69, 9.17) is 9.84 Å². The van der Waals surface area contributed by atoms with Crippen LogP contribution >= 0.6 is 11.3 Å². The number of aromatic nitrogens is 1. The second-order valence-corrected chi connectivity index (χ2v) is 4.58. The van der Waals surface area contributed by atoms with E-state index >= 15 is 0 Å². The number of halogens is 1. The Kier molecular flexibility index (Phi) is 4.25. The minimum Gasteiger partial charge on any atom is -0.487 e. The normalized spacial score (nSPS) is 10.8. The van der Waals surface area contributed by atoms with Gasteiger partial charge >= 0.3 is 5.97 Å². The first-order chi connectivity index (χ1) is 9.15. The zero-order valence-corrected chi connectivity index (χ0v) is 10.6. The molecule has 6 heteroatoms. The Morgan fingerprint density at radius 2 is 2.37 bits per heavy atom. The molecule has 0 bridgehead atoms. The van der Waals surface area contributed by atoms with E-state index in [0.29, 0.717) is 17.9 Å². The molecule has 0 spiro atoms. The lowest BCUT2D eigenvalue weighted by Crippen LogP contribution is -1.96. The topological polar surface area (TPSA) is 59.4 Å². The molecular weight excluding hydrogens is 269 g/mol. The van der Waals surface area contributed by atoms with Crippen LogP contribution in [0.1, 0.15) is 10.4 Å². The van der Waals surface area contributed by atoms with Crippen molar-refractivity contribution in [2.75, 3.05) is 0 Å². The van der Waals surface area contributed by atoms with Crippen LogP contribution in [0.15, 0.2) is 36.0 Å². The van der Waals surface area contributed by atoms with Gasteiger partial charge in [0, 0.05) is 17.8 Å². The Bertz CT molecular complexity index is 596. The highest BCUT2D eigenvalue weighted by molar-refractivity contribution is 7.09. The van der Waals surface area contributed by atoms with Crippen molar-refractivity contribution >= 4 is 23.4 Å². The van der Waals surface area contributed by atoms with Gasteiger partial charge in [0.25, 0.3) is 0 Å². The first kappa shape index (κ1) is 13.2. The number of hydrogen-bond donors (Lipinski definition) is 1. The van der Waals surface area contributed by atoms with Crippen LogP contribution in [0.5, 0.6) is 5.75 Å². The van der Waals surface area contributed by atoms with Crippen LogP contribution in [-0.2, 0) is 11.4 Å². The van der Waals surface area contributed by atoms with Crippen molar-refractivity contribution in [3.05, 3.63) is 52.2 Å².